The first kappa shape index (κ1) is 36.7. The minimum atomic E-state index is -1.55. The van der Waals surface area contributed by atoms with Crippen molar-refractivity contribution in [2.75, 3.05) is 13.2 Å². The van der Waals surface area contributed by atoms with Gasteiger partial charge in [-0.15, -0.1) is 0 Å². The number of hydrogen-bond acceptors (Lipinski definition) is 8. The van der Waals surface area contributed by atoms with Crippen LogP contribution in [0.25, 0.3) is 0 Å². The molecule has 2 aromatic carbocycles. The van der Waals surface area contributed by atoms with Crippen molar-refractivity contribution in [2.45, 2.75) is 90.6 Å². The van der Waals surface area contributed by atoms with Crippen LogP contribution in [0.15, 0.2) is 48.5 Å². The van der Waals surface area contributed by atoms with Gasteiger partial charge in [0.05, 0.1) is 6.61 Å². The fourth-order valence-electron chi connectivity index (χ4n) is 4.89. The number of nitrogens with one attached hydrogen (secondary N) is 4. The molecule has 2 aromatic rings. The Morgan fingerprint density at radius 1 is 0.894 bits per heavy atom. The van der Waals surface area contributed by atoms with Gasteiger partial charge >= 0.3 is 18.2 Å². The molecule has 0 bridgehead atoms. The smallest absolute Gasteiger partial charge is 0.408 e. The summed E-state index contributed by atoms with van der Waals surface area (Å²) in [4.78, 5) is 62.2. The van der Waals surface area contributed by atoms with Crippen LogP contribution in [-0.4, -0.2) is 71.5 Å². The average Bonchev–Trinajstić information content (AvgIpc) is 3.00. The summed E-state index contributed by atoms with van der Waals surface area (Å²) in [6, 6.07) is 12.8. The lowest BCUT2D eigenvalue weighted by molar-refractivity contribution is -0.145. The Balaban J connectivity index is 1.47. The fourth-order valence-corrected chi connectivity index (χ4v) is 4.89. The molecule has 0 heterocycles. The predicted molar refractivity (Wildman–Crippen MR) is 173 cm³/mol. The maximum absolute atomic E-state index is 12.7. The van der Waals surface area contributed by atoms with Crippen LogP contribution < -0.4 is 26.0 Å². The van der Waals surface area contributed by atoms with Crippen molar-refractivity contribution >= 4 is 30.0 Å². The Morgan fingerprint density at radius 3 is 2.23 bits per heavy atom. The van der Waals surface area contributed by atoms with E-state index >= 15 is 0 Å². The summed E-state index contributed by atoms with van der Waals surface area (Å²) < 4.78 is 16.5. The number of amides is 4. The third-order valence-corrected chi connectivity index (χ3v) is 7.52. The van der Waals surface area contributed by atoms with Crippen LogP contribution in [0, 0.1) is 5.92 Å². The Kier molecular flexibility index (Phi) is 12.6. The molecule has 0 saturated heterocycles. The molecular weight excluding hydrogens is 608 g/mol. The van der Waals surface area contributed by atoms with E-state index in [1.165, 1.54) is 13.8 Å². The summed E-state index contributed by atoms with van der Waals surface area (Å²) in [6.45, 7) is 10.5. The maximum Gasteiger partial charge on any atom is 0.408 e. The topological polar surface area (TPSA) is 181 Å². The van der Waals surface area contributed by atoms with E-state index in [1.54, 1.807) is 26.8 Å². The van der Waals surface area contributed by atoms with Crippen molar-refractivity contribution < 1.29 is 43.3 Å². The molecule has 4 amide bonds. The second-order valence-corrected chi connectivity index (χ2v) is 12.9. The molecule has 0 saturated carbocycles. The van der Waals surface area contributed by atoms with Crippen molar-refractivity contribution in [3.05, 3.63) is 65.2 Å². The van der Waals surface area contributed by atoms with Crippen LogP contribution in [-0.2, 0) is 43.3 Å². The number of aryl methyl sites for hydroxylation is 1. The van der Waals surface area contributed by atoms with Gasteiger partial charge in [0, 0.05) is 24.4 Å². The van der Waals surface area contributed by atoms with E-state index in [9.17, 15) is 29.1 Å². The van der Waals surface area contributed by atoms with Crippen LogP contribution >= 0.6 is 0 Å². The fraction of sp³-hybridized carbons (Fsp3) is 0.500. The van der Waals surface area contributed by atoms with E-state index in [2.05, 4.69) is 21.3 Å². The van der Waals surface area contributed by atoms with E-state index in [1.807, 2.05) is 49.4 Å². The number of benzene rings is 2. The molecule has 4 atom stereocenters. The molecule has 0 aromatic heterocycles. The number of rotatable bonds is 13. The van der Waals surface area contributed by atoms with Gasteiger partial charge in [0.1, 0.15) is 35.6 Å². The van der Waals surface area contributed by atoms with Crippen LogP contribution in [0.5, 0.6) is 5.75 Å². The van der Waals surface area contributed by atoms with Crippen LogP contribution in [0.2, 0.25) is 0 Å². The molecule has 3 unspecified atom stereocenters. The summed E-state index contributed by atoms with van der Waals surface area (Å²) in [5, 5.41) is 20.5. The molecule has 13 nitrogen and oxygen atoms in total. The van der Waals surface area contributed by atoms with Gasteiger partial charge in [-0.05, 0) is 64.7 Å². The monoisotopic (exact) mass is 654 g/mol. The molecule has 1 aliphatic rings. The van der Waals surface area contributed by atoms with Gasteiger partial charge in [0.25, 0.3) is 0 Å². The van der Waals surface area contributed by atoms with Gasteiger partial charge < -0.3 is 40.6 Å². The molecule has 47 heavy (non-hydrogen) atoms. The van der Waals surface area contributed by atoms with Gasteiger partial charge in [0.15, 0.2) is 0 Å². The van der Waals surface area contributed by atoms with Crippen molar-refractivity contribution in [3.8, 4) is 5.75 Å². The highest BCUT2D eigenvalue weighted by atomic mass is 16.6. The highest BCUT2D eigenvalue weighted by Gasteiger charge is 2.44. The van der Waals surface area contributed by atoms with Gasteiger partial charge in [-0.2, -0.15) is 0 Å². The molecule has 1 aliphatic carbocycles. The number of alkyl carbamates (subject to hydrolysis) is 2. The molecule has 0 aliphatic heterocycles. The maximum atomic E-state index is 12.7. The third-order valence-electron chi connectivity index (χ3n) is 7.52. The van der Waals surface area contributed by atoms with E-state index in [0.717, 1.165) is 11.1 Å². The van der Waals surface area contributed by atoms with Crippen LogP contribution in [0.3, 0.4) is 0 Å². The molecule has 0 spiro atoms. The number of fused-ring (bicyclic) bond motifs is 1. The lowest BCUT2D eigenvalue weighted by atomic mass is 9.77. The van der Waals surface area contributed by atoms with Gasteiger partial charge in [-0.1, -0.05) is 49.4 Å². The number of carbonyl (C=O) groups is 5. The molecule has 0 fully saturated rings. The number of ether oxygens (including phenoxy) is 3. The molecule has 5 N–H and O–H groups in total. The SMILES string of the molecule is CC(CNC(=O)C(C)NC(=O)C(C)NC(=O)OCc1ccccc1)COc1cccc2c1C[C@](NC(=O)OC(C)(C)C)(C(=O)O)CC2. The molecule has 13 heteroatoms. The number of carboxylic acid groups (broad SMARTS) is 1. The minimum Gasteiger partial charge on any atom is -0.493 e. The van der Waals surface area contributed by atoms with Crippen LogP contribution in [0.1, 0.15) is 64.7 Å². The summed E-state index contributed by atoms with van der Waals surface area (Å²) in [6.07, 6.45) is -0.915. The third kappa shape index (κ3) is 11.2. The highest BCUT2D eigenvalue weighted by molar-refractivity contribution is 5.90. The Labute approximate surface area is 275 Å². The number of hydrogen-bond donors (Lipinski definition) is 5. The Bertz CT molecular complexity index is 1430. The molecular formula is C34H46N4O9. The highest BCUT2D eigenvalue weighted by Crippen LogP contribution is 2.35. The lowest BCUT2D eigenvalue weighted by Crippen LogP contribution is -2.58. The largest absolute Gasteiger partial charge is 0.493 e. The predicted octanol–water partition coefficient (Wildman–Crippen LogP) is 3.47. The van der Waals surface area contributed by atoms with Gasteiger partial charge in [0.2, 0.25) is 11.8 Å². The van der Waals surface area contributed by atoms with Crippen molar-refractivity contribution in [1.82, 2.24) is 21.3 Å². The van der Waals surface area contributed by atoms with E-state index in [0.29, 0.717) is 17.7 Å². The summed E-state index contributed by atoms with van der Waals surface area (Å²) in [7, 11) is 0. The molecule has 256 valence electrons. The number of aliphatic carboxylic acids is 1. The van der Waals surface area contributed by atoms with Crippen LogP contribution in [0.4, 0.5) is 9.59 Å². The molecule has 3 rings (SSSR count). The summed E-state index contributed by atoms with van der Waals surface area (Å²) >= 11 is 0. The van der Waals surface area contributed by atoms with Gasteiger partial charge in [-0.3, -0.25) is 9.59 Å². The van der Waals surface area contributed by atoms with Crippen molar-refractivity contribution in [3.63, 3.8) is 0 Å². The minimum absolute atomic E-state index is 0.0213. The second-order valence-electron chi connectivity index (χ2n) is 12.9. The second kappa shape index (κ2) is 16.1. The zero-order valence-corrected chi connectivity index (χ0v) is 27.8. The van der Waals surface area contributed by atoms with Gasteiger partial charge in [-0.25, -0.2) is 14.4 Å². The van der Waals surface area contributed by atoms with E-state index in [-0.39, 0.29) is 38.5 Å². The Hall–Kier alpha value is -4.81. The summed E-state index contributed by atoms with van der Waals surface area (Å²) in [5.74, 6) is -1.77. The number of carboxylic acids is 1. The van der Waals surface area contributed by atoms with Crippen molar-refractivity contribution in [1.29, 1.82) is 0 Å². The first-order chi connectivity index (χ1) is 22.1. The molecule has 0 radical (unpaired) electrons. The first-order valence-corrected chi connectivity index (χ1v) is 15.6. The zero-order valence-electron chi connectivity index (χ0n) is 27.8. The number of carbonyl (C=O) groups excluding carboxylic acids is 4. The van der Waals surface area contributed by atoms with E-state index in [4.69, 9.17) is 14.2 Å². The normalized spacial score (nSPS) is 17.5. The average molecular weight is 655 g/mol. The quantitative estimate of drug-likeness (QED) is 0.216. The lowest BCUT2D eigenvalue weighted by Gasteiger charge is -2.36. The van der Waals surface area contributed by atoms with E-state index < -0.39 is 53.2 Å². The summed E-state index contributed by atoms with van der Waals surface area (Å²) in [5.41, 5.74) is 0.0965. The zero-order chi connectivity index (χ0) is 34.8. The standard InChI is InChI=1S/C34H46N4O9/c1-21(18-35-28(39)22(2)36-29(40)23(3)37-31(43)46-20-24-11-8-7-9-12-24)19-45-27-14-10-13-25-15-16-34(30(41)42,17-26(25)27)38-32(44)47-33(4,5)6/h7-14,21-23H,15-20H2,1-6H3,(H,35,39)(H,36,40)(H,37,43)(H,38,44)(H,41,42)/t21?,22?,23?,34-/m0/s1. The Morgan fingerprint density at radius 2 is 1.57 bits per heavy atom. The van der Waals surface area contributed by atoms with Crippen molar-refractivity contribution in [2.24, 2.45) is 5.92 Å². The first-order valence-electron chi connectivity index (χ1n) is 15.6.